The molecule has 0 aliphatic rings. The molecule has 0 spiro atoms. The Morgan fingerprint density at radius 1 is 0.632 bits per heavy atom. The average Bonchev–Trinajstić information content (AvgIpc) is 2.92. The van der Waals surface area contributed by atoms with Gasteiger partial charge in [0.25, 0.3) is 0 Å². The molecule has 0 heterocycles. The van der Waals surface area contributed by atoms with Gasteiger partial charge in [0.1, 0.15) is 6.10 Å². The molecule has 1 N–H and O–H groups in total. The summed E-state index contributed by atoms with van der Waals surface area (Å²) in [6.45, 7) is 5.28. The van der Waals surface area contributed by atoms with Crippen LogP contribution in [0.2, 0.25) is 0 Å². The Morgan fingerprint density at radius 3 is 1.71 bits per heavy atom. The lowest BCUT2D eigenvalue weighted by atomic mass is 10.1. The lowest BCUT2D eigenvalue weighted by Crippen LogP contribution is -2.27. The van der Waals surface area contributed by atoms with Crippen molar-refractivity contribution >= 4 is 5.97 Å². The third-order valence-corrected chi connectivity index (χ3v) is 7.03. The van der Waals surface area contributed by atoms with E-state index in [9.17, 15) is 9.90 Å². The number of esters is 1. The molecule has 1 atom stereocenters. The molecule has 0 rings (SSSR count). The molecule has 0 saturated carbocycles. The van der Waals surface area contributed by atoms with Crippen LogP contribution in [0.3, 0.4) is 0 Å². The molecule has 0 bridgehead atoms. The predicted octanol–water partition coefficient (Wildman–Crippen LogP) is 10.0. The van der Waals surface area contributed by atoms with Crippen molar-refractivity contribution in [2.24, 2.45) is 0 Å². The van der Waals surface area contributed by atoms with Gasteiger partial charge < -0.3 is 14.6 Å². The smallest absolute Gasteiger partial charge is 0.306 e. The van der Waals surface area contributed by atoms with Gasteiger partial charge in [0.05, 0.1) is 13.2 Å². The molecule has 0 aromatic heterocycles. The van der Waals surface area contributed by atoms with Crippen molar-refractivity contribution in [3.63, 3.8) is 0 Å². The fourth-order valence-corrected chi connectivity index (χ4v) is 4.52. The van der Waals surface area contributed by atoms with Crippen LogP contribution in [0.25, 0.3) is 0 Å². The SMILES string of the molecule is CCCC/C=C\C/C=C\CCCCCCCCOCC(CO)OC(=O)CCCCCCCCCCCCC. The van der Waals surface area contributed by atoms with Crippen LogP contribution >= 0.6 is 0 Å². The molecule has 0 saturated heterocycles. The number of unbranched alkanes of at least 4 members (excludes halogenated alkanes) is 18. The lowest BCUT2D eigenvalue weighted by Gasteiger charge is -2.15. The van der Waals surface area contributed by atoms with Gasteiger partial charge >= 0.3 is 5.97 Å². The molecule has 0 radical (unpaired) electrons. The first-order valence-corrected chi connectivity index (χ1v) is 16.4. The number of hydrogen-bond donors (Lipinski definition) is 1. The zero-order chi connectivity index (χ0) is 27.8. The van der Waals surface area contributed by atoms with Gasteiger partial charge in [-0.2, -0.15) is 0 Å². The zero-order valence-electron chi connectivity index (χ0n) is 25.4. The highest BCUT2D eigenvalue weighted by molar-refractivity contribution is 5.69. The monoisotopic (exact) mass is 536 g/mol. The molecule has 0 aromatic rings. The minimum atomic E-state index is -0.532. The van der Waals surface area contributed by atoms with E-state index in [0.29, 0.717) is 19.6 Å². The fraction of sp³-hybridized carbons (Fsp3) is 0.853. The molecule has 0 aromatic carbocycles. The molecule has 38 heavy (non-hydrogen) atoms. The van der Waals surface area contributed by atoms with E-state index in [1.807, 2.05) is 0 Å². The second-order valence-corrected chi connectivity index (χ2v) is 10.9. The summed E-state index contributed by atoms with van der Waals surface area (Å²) < 4.78 is 11.1. The molecule has 4 heteroatoms. The Kier molecular flexibility index (Phi) is 31.1. The second-order valence-electron chi connectivity index (χ2n) is 10.9. The molecule has 0 aliphatic heterocycles. The average molecular weight is 537 g/mol. The first-order chi connectivity index (χ1) is 18.7. The standard InChI is InChI=1S/C34H64O4/c1-3-5-7-9-11-13-15-16-17-18-20-22-24-26-28-30-37-32-33(31-35)38-34(36)29-27-25-23-21-19-14-12-10-8-6-4-2/h9,11,15-16,33,35H,3-8,10,12-14,17-32H2,1-2H3/b11-9-,16-15-. The quantitative estimate of drug-likeness (QED) is 0.0563. The van der Waals surface area contributed by atoms with E-state index in [1.54, 1.807) is 0 Å². The van der Waals surface area contributed by atoms with Crippen LogP contribution in [0.5, 0.6) is 0 Å². The number of carbonyl (C=O) groups excluding carboxylic acids is 1. The highest BCUT2D eigenvalue weighted by Gasteiger charge is 2.13. The summed E-state index contributed by atoms with van der Waals surface area (Å²) in [5.41, 5.74) is 0. The van der Waals surface area contributed by atoms with E-state index >= 15 is 0 Å². The molecular weight excluding hydrogens is 472 g/mol. The van der Waals surface area contributed by atoms with E-state index in [4.69, 9.17) is 9.47 Å². The van der Waals surface area contributed by atoms with Crippen LogP contribution in [0, 0.1) is 0 Å². The normalized spacial score (nSPS) is 12.6. The maximum atomic E-state index is 12.1. The number of aliphatic hydroxyl groups excluding tert-OH is 1. The van der Waals surface area contributed by atoms with E-state index in [-0.39, 0.29) is 12.6 Å². The van der Waals surface area contributed by atoms with E-state index < -0.39 is 6.10 Å². The Bertz CT molecular complexity index is 529. The van der Waals surface area contributed by atoms with Gasteiger partial charge in [-0.25, -0.2) is 0 Å². The maximum Gasteiger partial charge on any atom is 0.306 e. The fourth-order valence-electron chi connectivity index (χ4n) is 4.52. The van der Waals surface area contributed by atoms with Gasteiger partial charge in [0.15, 0.2) is 0 Å². The summed E-state index contributed by atoms with van der Waals surface area (Å²) in [6, 6.07) is 0. The van der Waals surface area contributed by atoms with Crippen molar-refractivity contribution in [3.8, 4) is 0 Å². The Hall–Kier alpha value is -1.13. The van der Waals surface area contributed by atoms with Crippen LogP contribution in [0.15, 0.2) is 24.3 Å². The van der Waals surface area contributed by atoms with E-state index in [2.05, 4.69) is 38.2 Å². The number of allylic oxidation sites excluding steroid dienone is 4. The maximum absolute atomic E-state index is 12.1. The highest BCUT2D eigenvalue weighted by Crippen LogP contribution is 2.13. The van der Waals surface area contributed by atoms with Crippen LogP contribution < -0.4 is 0 Å². The minimum Gasteiger partial charge on any atom is -0.457 e. The van der Waals surface area contributed by atoms with E-state index in [0.717, 1.165) is 25.7 Å². The Morgan fingerprint density at radius 2 is 1.13 bits per heavy atom. The van der Waals surface area contributed by atoms with Gasteiger partial charge in [-0.15, -0.1) is 0 Å². The molecule has 1 unspecified atom stereocenters. The number of carbonyl (C=O) groups is 1. The van der Waals surface area contributed by atoms with Crippen LogP contribution in [0.4, 0.5) is 0 Å². The van der Waals surface area contributed by atoms with Crippen molar-refractivity contribution in [1.29, 1.82) is 0 Å². The van der Waals surface area contributed by atoms with Gasteiger partial charge in [-0.3, -0.25) is 4.79 Å². The molecule has 0 amide bonds. The molecular formula is C34H64O4. The molecule has 224 valence electrons. The van der Waals surface area contributed by atoms with Crippen molar-refractivity contribution < 1.29 is 19.4 Å². The van der Waals surface area contributed by atoms with Crippen molar-refractivity contribution in [1.82, 2.24) is 0 Å². The summed E-state index contributed by atoms with van der Waals surface area (Å²) in [7, 11) is 0. The van der Waals surface area contributed by atoms with Crippen molar-refractivity contribution in [2.45, 2.75) is 168 Å². The highest BCUT2D eigenvalue weighted by atomic mass is 16.6. The third kappa shape index (κ3) is 29.4. The molecule has 0 aliphatic carbocycles. The lowest BCUT2D eigenvalue weighted by molar-refractivity contribution is -0.154. The summed E-state index contributed by atoms with van der Waals surface area (Å²) in [4.78, 5) is 12.1. The first-order valence-electron chi connectivity index (χ1n) is 16.4. The van der Waals surface area contributed by atoms with Crippen molar-refractivity contribution in [3.05, 3.63) is 24.3 Å². The summed E-state index contributed by atoms with van der Waals surface area (Å²) in [5, 5.41) is 9.50. The van der Waals surface area contributed by atoms with Gasteiger partial charge in [0.2, 0.25) is 0 Å². The topological polar surface area (TPSA) is 55.8 Å². The van der Waals surface area contributed by atoms with Crippen molar-refractivity contribution in [2.75, 3.05) is 19.8 Å². The largest absolute Gasteiger partial charge is 0.457 e. The van der Waals surface area contributed by atoms with Crippen LogP contribution in [-0.2, 0) is 14.3 Å². The summed E-state index contributed by atoms with van der Waals surface area (Å²) in [6.07, 6.45) is 36.3. The Balaban J connectivity index is 3.46. The summed E-state index contributed by atoms with van der Waals surface area (Å²) in [5.74, 6) is -0.207. The third-order valence-electron chi connectivity index (χ3n) is 7.03. The molecule has 0 fully saturated rings. The van der Waals surface area contributed by atoms with E-state index in [1.165, 1.54) is 116 Å². The van der Waals surface area contributed by atoms with Gasteiger partial charge in [-0.05, 0) is 38.5 Å². The van der Waals surface area contributed by atoms with Gasteiger partial charge in [-0.1, -0.05) is 141 Å². The minimum absolute atomic E-state index is 0.173. The number of hydrogen-bond acceptors (Lipinski definition) is 4. The predicted molar refractivity (Wildman–Crippen MR) is 164 cm³/mol. The number of rotatable bonds is 30. The zero-order valence-corrected chi connectivity index (χ0v) is 25.4. The first kappa shape index (κ1) is 36.9. The number of ether oxygens (including phenoxy) is 2. The second kappa shape index (κ2) is 32.1. The molecule has 4 nitrogen and oxygen atoms in total. The Labute approximate surface area is 237 Å². The summed E-state index contributed by atoms with van der Waals surface area (Å²) >= 11 is 0. The number of aliphatic hydroxyl groups is 1. The van der Waals surface area contributed by atoms with Crippen LogP contribution in [0.1, 0.15) is 162 Å². The van der Waals surface area contributed by atoms with Gasteiger partial charge in [0, 0.05) is 13.0 Å². The van der Waals surface area contributed by atoms with Crippen LogP contribution in [-0.4, -0.2) is 37.0 Å².